The lowest BCUT2D eigenvalue weighted by Gasteiger charge is -2.14. The fraction of sp³-hybridized carbons (Fsp3) is 0.333. The number of carbonyl (C=O) groups excluding carboxylic acids is 1. The van der Waals surface area contributed by atoms with E-state index in [2.05, 4.69) is 21.2 Å². The number of anilines is 1. The quantitative estimate of drug-likeness (QED) is 0.842. The maximum atomic E-state index is 11.5. The predicted molar refractivity (Wildman–Crippen MR) is 60.7 cm³/mol. The summed E-state index contributed by atoms with van der Waals surface area (Å²) < 4.78 is -0.621. The van der Waals surface area contributed by atoms with Crippen molar-refractivity contribution in [1.82, 2.24) is 0 Å². The first-order valence-corrected chi connectivity index (χ1v) is 5.60. The number of amides is 1. The first-order valence-electron chi connectivity index (χ1n) is 3.93. The molecule has 0 spiro atoms. The molecule has 0 radical (unpaired) electrons. The van der Waals surface area contributed by atoms with Crippen LogP contribution < -0.4 is 5.32 Å². The van der Waals surface area contributed by atoms with Crippen molar-refractivity contribution in [3.8, 4) is 6.07 Å². The molecule has 0 fully saturated rings. The van der Waals surface area contributed by atoms with E-state index in [-0.39, 0.29) is 5.91 Å². The van der Waals surface area contributed by atoms with Gasteiger partial charge in [-0.2, -0.15) is 5.26 Å². The van der Waals surface area contributed by atoms with Gasteiger partial charge in [-0.1, -0.05) is 15.9 Å². The van der Waals surface area contributed by atoms with Crippen LogP contribution in [0.1, 0.15) is 19.4 Å². The van der Waals surface area contributed by atoms with Gasteiger partial charge in [0.1, 0.15) is 11.1 Å². The third-order valence-corrected chi connectivity index (χ3v) is 2.74. The second-order valence-electron chi connectivity index (χ2n) is 3.20. The Balaban J connectivity index is 2.81. The Morgan fingerprint density at radius 2 is 2.36 bits per heavy atom. The molecule has 1 amide bonds. The van der Waals surface area contributed by atoms with Gasteiger partial charge < -0.3 is 5.32 Å². The fourth-order valence-electron chi connectivity index (χ4n) is 0.746. The van der Waals surface area contributed by atoms with Crippen molar-refractivity contribution in [3.63, 3.8) is 0 Å². The summed E-state index contributed by atoms with van der Waals surface area (Å²) >= 11 is 4.59. The van der Waals surface area contributed by atoms with Gasteiger partial charge >= 0.3 is 0 Å². The van der Waals surface area contributed by atoms with Crippen LogP contribution in [0.2, 0.25) is 0 Å². The Hall–Kier alpha value is -0.860. The molecule has 14 heavy (non-hydrogen) atoms. The molecule has 0 bridgehead atoms. The van der Waals surface area contributed by atoms with Crippen LogP contribution in [0.5, 0.6) is 0 Å². The van der Waals surface area contributed by atoms with Crippen molar-refractivity contribution in [2.24, 2.45) is 0 Å². The highest BCUT2D eigenvalue weighted by atomic mass is 79.9. The second kappa shape index (κ2) is 4.11. The van der Waals surface area contributed by atoms with E-state index in [0.29, 0.717) is 10.6 Å². The van der Waals surface area contributed by atoms with Gasteiger partial charge in [0, 0.05) is 0 Å². The molecule has 1 rings (SSSR count). The third-order valence-electron chi connectivity index (χ3n) is 1.55. The van der Waals surface area contributed by atoms with Gasteiger partial charge in [-0.25, -0.2) is 0 Å². The van der Waals surface area contributed by atoms with Crippen molar-refractivity contribution in [1.29, 1.82) is 5.26 Å². The summed E-state index contributed by atoms with van der Waals surface area (Å²) in [6.45, 7) is 3.50. The van der Waals surface area contributed by atoms with E-state index in [1.807, 2.05) is 6.07 Å². The number of carbonyl (C=O) groups is 1. The van der Waals surface area contributed by atoms with Crippen molar-refractivity contribution < 1.29 is 4.79 Å². The number of nitrogens with one attached hydrogen (secondary N) is 1. The summed E-state index contributed by atoms with van der Waals surface area (Å²) in [6.07, 6.45) is 0. The Morgan fingerprint density at radius 3 is 2.86 bits per heavy atom. The molecule has 1 N–H and O–H groups in total. The first-order chi connectivity index (χ1) is 6.45. The highest BCUT2D eigenvalue weighted by Crippen LogP contribution is 2.25. The molecule has 0 atom stereocenters. The minimum Gasteiger partial charge on any atom is -0.315 e. The standard InChI is InChI=1S/C9H9BrN2OS/c1-9(2,10)8(13)12-7-6(5-11)3-4-14-7/h3-4H,1-2H3,(H,12,13). The van der Waals surface area contributed by atoms with Gasteiger partial charge in [-0.3, -0.25) is 4.79 Å². The zero-order valence-electron chi connectivity index (χ0n) is 7.80. The van der Waals surface area contributed by atoms with Crippen LogP contribution in [0.3, 0.4) is 0 Å². The molecule has 0 aliphatic heterocycles. The van der Waals surface area contributed by atoms with Crippen molar-refractivity contribution in [2.45, 2.75) is 18.2 Å². The lowest BCUT2D eigenvalue weighted by Crippen LogP contribution is -2.30. The number of halogens is 1. The summed E-state index contributed by atoms with van der Waals surface area (Å²) in [5.41, 5.74) is 0.500. The zero-order valence-corrected chi connectivity index (χ0v) is 10.2. The van der Waals surface area contributed by atoms with Gasteiger partial charge in [0.05, 0.1) is 9.89 Å². The normalized spacial score (nSPS) is 10.7. The van der Waals surface area contributed by atoms with Crippen molar-refractivity contribution in [2.75, 3.05) is 5.32 Å². The maximum absolute atomic E-state index is 11.5. The summed E-state index contributed by atoms with van der Waals surface area (Å²) in [7, 11) is 0. The number of thiophene rings is 1. The number of hydrogen-bond donors (Lipinski definition) is 1. The van der Waals surface area contributed by atoms with E-state index in [4.69, 9.17) is 5.26 Å². The summed E-state index contributed by atoms with van der Waals surface area (Å²) in [5, 5.41) is 13.8. The molecular weight excluding hydrogens is 264 g/mol. The topological polar surface area (TPSA) is 52.9 Å². The summed E-state index contributed by atoms with van der Waals surface area (Å²) in [6, 6.07) is 3.69. The first kappa shape index (κ1) is 11.2. The Morgan fingerprint density at radius 1 is 1.71 bits per heavy atom. The molecule has 0 aliphatic carbocycles. The Kier molecular flexibility index (Phi) is 3.29. The third kappa shape index (κ3) is 2.56. The molecule has 1 aromatic rings. The number of alkyl halides is 1. The minimum atomic E-state index is -0.621. The molecule has 74 valence electrons. The molecule has 0 saturated carbocycles. The summed E-state index contributed by atoms with van der Waals surface area (Å²) in [4.78, 5) is 11.5. The van der Waals surface area contributed by atoms with E-state index >= 15 is 0 Å². The second-order valence-corrected chi connectivity index (χ2v) is 6.10. The Labute approximate surface area is 94.9 Å². The number of rotatable bonds is 2. The molecule has 0 aromatic carbocycles. The molecular formula is C9H9BrN2OS. The van der Waals surface area contributed by atoms with Crippen LogP contribution in [0.15, 0.2) is 11.4 Å². The molecule has 0 unspecified atom stereocenters. The van der Waals surface area contributed by atoms with E-state index in [0.717, 1.165) is 0 Å². The zero-order chi connectivity index (χ0) is 10.8. The summed E-state index contributed by atoms with van der Waals surface area (Å²) in [5.74, 6) is -0.156. The monoisotopic (exact) mass is 272 g/mol. The van der Waals surface area contributed by atoms with Crippen LogP contribution in [0.4, 0.5) is 5.00 Å². The van der Waals surface area contributed by atoms with Crippen LogP contribution in [-0.4, -0.2) is 10.2 Å². The predicted octanol–water partition coefficient (Wildman–Crippen LogP) is 2.73. The average molecular weight is 273 g/mol. The van der Waals surface area contributed by atoms with Gasteiger partial charge in [-0.05, 0) is 25.3 Å². The van der Waals surface area contributed by atoms with E-state index in [9.17, 15) is 4.79 Å². The molecule has 3 nitrogen and oxygen atoms in total. The van der Waals surface area contributed by atoms with E-state index in [1.165, 1.54) is 11.3 Å². The molecule has 1 aromatic heterocycles. The SMILES string of the molecule is CC(C)(Br)C(=O)Nc1sccc1C#N. The van der Waals surface area contributed by atoms with Gasteiger partial charge in [-0.15, -0.1) is 11.3 Å². The van der Waals surface area contributed by atoms with Crippen LogP contribution in [0, 0.1) is 11.3 Å². The molecule has 0 saturated heterocycles. The number of nitrogens with zero attached hydrogens (tertiary/aromatic N) is 1. The fourth-order valence-corrected chi connectivity index (χ4v) is 1.58. The molecule has 0 aliphatic rings. The van der Waals surface area contributed by atoms with E-state index in [1.54, 1.807) is 25.3 Å². The smallest absolute Gasteiger partial charge is 0.241 e. The highest BCUT2D eigenvalue weighted by molar-refractivity contribution is 9.10. The number of hydrogen-bond acceptors (Lipinski definition) is 3. The van der Waals surface area contributed by atoms with Crippen LogP contribution in [-0.2, 0) is 4.79 Å². The maximum Gasteiger partial charge on any atom is 0.241 e. The van der Waals surface area contributed by atoms with Crippen molar-refractivity contribution in [3.05, 3.63) is 17.0 Å². The van der Waals surface area contributed by atoms with Gasteiger partial charge in [0.15, 0.2) is 0 Å². The average Bonchev–Trinajstić information content (AvgIpc) is 2.50. The number of nitriles is 1. The largest absolute Gasteiger partial charge is 0.315 e. The highest BCUT2D eigenvalue weighted by Gasteiger charge is 2.24. The van der Waals surface area contributed by atoms with Gasteiger partial charge in [0.25, 0.3) is 0 Å². The molecule has 1 heterocycles. The van der Waals surface area contributed by atoms with Crippen LogP contribution in [0.25, 0.3) is 0 Å². The lowest BCUT2D eigenvalue weighted by atomic mass is 10.2. The molecule has 5 heteroatoms. The van der Waals surface area contributed by atoms with Crippen LogP contribution >= 0.6 is 27.3 Å². The Bertz CT molecular complexity index is 386. The lowest BCUT2D eigenvalue weighted by molar-refractivity contribution is -0.117. The van der Waals surface area contributed by atoms with Gasteiger partial charge in [0.2, 0.25) is 5.91 Å². The van der Waals surface area contributed by atoms with E-state index < -0.39 is 4.32 Å². The minimum absolute atomic E-state index is 0.156. The van der Waals surface area contributed by atoms with Crippen molar-refractivity contribution >= 4 is 38.2 Å².